The molecule has 2 aromatic rings. The van der Waals surface area contributed by atoms with E-state index in [0.717, 1.165) is 36.7 Å². The molecule has 4 unspecified atom stereocenters. The molecular weight excluding hydrogens is 320 g/mol. The summed E-state index contributed by atoms with van der Waals surface area (Å²) < 4.78 is 0. The third-order valence-corrected chi connectivity index (χ3v) is 6.45. The van der Waals surface area contributed by atoms with Crippen molar-refractivity contribution in [2.24, 2.45) is 17.4 Å². The summed E-state index contributed by atoms with van der Waals surface area (Å²) in [6, 6.07) is 6.54. The number of nitrogens with two attached hydrogens (primary N) is 2. The molecule has 26 heavy (non-hydrogen) atoms. The SMILES string of the molecule is CCCCCC(CC)C1(N)CCC(N)CC1c1cccc2nccnc12. The quantitative estimate of drug-likeness (QED) is 0.716. The summed E-state index contributed by atoms with van der Waals surface area (Å²) in [7, 11) is 0. The van der Waals surface area contributed by atoms with Crippen LogP contribution in [0.4, 0.5) is 0 Å². The maximum atomic E-state index is 7.22. The number of aromatic nitrogens is 2. The average Bonchev–Trinajstić information content (AvgIpc) is 2.67. The summed E-state index contributed by atoms with van der Waals surface area (Å²) in [6.45, 7) is 4.55. The molecule has 1 aliphatic rings. The minimum atomic E-state index is -0.204. The van der Waals surface area contributed by atoms with Crippen molar-refractivity contribution in [1.82, 2.24) is 9.97 Å². The number of hydrogen-bond acceptors (Lipinski definition) is 4. The van der Waals surface area contributed by atoms with Gasteiger partial charge in [-0.2, -0.15) is 0 Å². The van der Waals surface area contributed by atoms with E-state index in [-0.39, 0.29) is 17.5 Å². The molecule has 142 valence electrons. The smallest absolute Gasteiger partial charge is 0.0922 e. The largest absolute Gasteiger partial charge is 0.328 e. The summed E-state index contributed by atoms with van der Waals surface area (Å²) in [4.78, 5) is 9.14. The first-order chi connectivity index (χ1) is 12.6. The molecule has 4 N–H and O–H groups in total. The Morgan fingerprint density at radius 3 is 2.77 bits per heavy atom. The maximum Gasteiger partial charge on any atom is 0.0922 e. The van der Waals surface area contributed by atoms with E-state index in [1.807, 2.05) is 6.07 Å². The fourth-order valence-electron chi connectivity index (χ4n) is 4.94. The van der Waals surface area contributed by atoms with Gasteiger partial charge in [-0.05, 0) is 43.2 Å². The van der Waals surface area contributed by atoms with Crippen LogP contribution in [0.3, 0.4) is 0 Å². The molecule has 1 aliphatic carbocycles. The minimum absolute atomic E-state index is 0.204. The van der Waals surface area contributed by atoms with Gasteiger partial charge in [-0.3, -0.25) is 9.97 Å². The first-order valence-corrected chi connectivity index (χ1v) is 10.3. The highest BCUT2D eigenvalue weighted by Crippen LogP contribution is 2.46. The lowest BCUT2D eigenvalue weighted by Crippen LogP contribution is -2.56. The third-order valence-electron chi connectivity index (χ3n) is 6.45. The summed E-state index contributed by atoms with van der Waals surface area (Å²) in [5, 5.41) is 0. The van der Waals surface area contributed by atoms with Crippen LogP contribution in [-0.4, -0.2) is 21.5 Å². The highest BCUT2D eigenvalue weighted by molar-refractivity contribution is 5.78. The van der Waals surface area contributed by atoms with Crippen LogP contribution >= 0.6 is 0 Å². The van der Waals surface area contributed by atoms with Gasteiger partial charge in [0.05, 0.1) is 11.0 Å². The Bertz CT molecular complexity index is 711. The Morgan fingerprint density at radius 2 is 2.00 bits per heavy atom. The fourth-order valence-corrected chi connectivity index (χ4v) is 4.94. The number of unbranched alkanes of at least 4 members (excludes halogenated alkanes) is 2. The van der Waals surface area contributed by atoms with Crippen LogP contribution in [0.2, 0.25) is 0 Å². The maximum absolute atomic E-state index is 7.22. The Morgan fingerprint density at radius 1 is 1.19 bits per heavy atom. The van der Waals surface area contributed by atoms with Crippen molar-refractivity contribution in [2.45, 2.75) is 82.7 Å². The van der Waals surface area contributed by atoms with Crippen LogP contribution in [0.5, 0.6) is 0 Å². The van der Waals surface area contributed by atoms with Crippen LogP contribution in [0.15, 0.2) is 30.6 Å². The molecule has 0 bridgehead atoms. The van der Waals surface area contributed by atoms with Gasteiger partial charge in [-0.25, -0.2) is 0 Å². The van der Waals surface area contributed by atoms with Gasteiger partial charge in [0, 0.05) is 29.9 Å². The Hall–Kier alpha value is -1.52. The lowest BCUT2D eigenvalue weighted by Gasteiger charge is -2.48. The number of rotatable bonds is 7. The van der Waals surface area contributed by atoms with Gasteiger partial charge in [0.15, 0.2) is 0 Å². The number of para-hydroxylation sites is 1. The molecule has 0 aliphatic heterocycles. The zero-order valence-corrected chi connectivity index (χ0v) is 16.3. The van der Waals surface area contributed by atoms with Crippen LogP contribution in [0.25, 0.3) is 11.0 Å². The second-order valence-electron chi connectivity index (χ2n) is 8.07. The number of hydrogen-bond donors (Lipinski definition) is 2. The molecule has 4 nitrogen and oxygen atoms in total. The third kappa shape index (κ3) is 3.77. The van der Waals surface area contributed by atoms with E-state index in [1.165, 1.54) is 31.2 Å². The van der Waals surface area contributed by atoms with E-state index < -0.39 is 0 Å². The van der Waals surface area contributed by atoms with Crippen molar-refractivity contribution in [3.05, 3.63) is 36.2 Å². The van der Waals surface area contributed by atoms with Gasteiger partial charge in [0.1, 0.15) is 0 Å². The van der Waals surface area contributed by atoms with E-state index in [2.05, 4.69) is 35.9 Å². The van der Waals surface area contributed by atoms with Gasteiger partial charge in [-0.15, -0.1) is 0 Å². The summed E-state index contributed by atoms with van der Waals surface area (Å²) in [5.41, 5.74) is 16.6. The van der Waals surface area contributed by atoms with Crippen molar-refractivity contribution < 1.29 is 0 Å². The molecule has 0 radical (unpaired) electrons. The lowest BCUT2D eigenvalue weighted by molar-refractivity contribution is 0.139. The van der Waals surface area contributed by atoms with Gasteiger partial charge in [0.25, 0.3) is 0 Å². The van der Waals surface area contributed by atoms with Crippen molar-refractivity contribution in [3.63, 3.8) is 0 Å². The normalized spacial score (nSPS) is 27.5. The first-order valence-electron chi connectivity index (χ1n) is 10.3. The molecule has 1 saturated carbocycles. The van der Waals surface area contributed by atoms with Crippen molar-refractivity contribution in [2.75, 3.05) is 0 Å². The summed E-state index contributed by atoms with van der Waals surface area (Å²) in [6.07, 6.45) is 12.6. The molecule has 0 saturated heterocycles. The standard InChI is InChI=1S/C22H34N4/c1-3-5-6-8-16(4-2)22(24)12-11-17(23)15-19(22)18-9-7-10-20-21(18)26-14-13-25-20/h7,9-10,13-14,16-17,19H,3-6,8,11-12,15,23-24H2,1-2H3. The van der Waals surface area contributed by atoms with Gasteiger partial charge < -0.3 is 11.5 Å². The molecule has 0 amide bonds. The van der Waals surface area contributed by atoms with E-state index in [0.29, 0.717) is 5.92 Å². The monoisotopic (exact) mass is 354 g/mol. The molecule has 3 rings (SSSR count). The molecule has 1 heterocycles. The summed E-state index contributed by atoms with van der Waals surface area (Å²) in [5.74, 6) is 0.775. The topological polar surface area (TPSA) is 77.8 Å². The predicted molar refractivity (Wildman–Crippen MR) is 109 cm³/mol. The Kier molecular flexibility index (Phi) is 6.25. The van der Waals surface area contributed by atoms with Crippen molar-refractivity contribution >= 4 is 11.0 Å². The molecular formula is C22H34N4. The second kappa shape index (κ2) is 8.45. The molecule has 1 fully saturated rings. The first kappa shape index (κ1) is 19.2. The van der Waals surface area contributed by atoms with Crippen LogP contribution in [0, 0.1) is 5.92 Å². The summed E-state index contributed by atoms with van der Waals surface area (Å²) >= 11 is 0. The molecule has 1 aromatic heterocycles. The van der Waals surface area contributed by atoms with E-state index in [9.17, 15) is 0 Å². The van der Waals surface area contributed by atoms with E-state index >= 15 is 0 Å². The molecule has 1 aromatic carbocycles. The Labute approximate surface area is 157 Å². The van der Waals surface area contributed by atoms with Gasteiger partial charge in [-0.1, -0.05) is 51.7 Å². The number of nitrogens with zero attached hydrogens (tertiary/aromatic N) is 2. The van der Waals surface area contributed by atoms with E-state index in [4.69, 9.17) is 11.5 Å². The predicted octanol–water partition coefficient (Wildman–Crippen LogP) is 4.53. The average molecular weight is 355 g/mol. The van der Waals surface area contributed by atoms with Crippen molar-refractivity contribution in [1.29, 1.82) is 0 Å². The zero-order valence-electron chi connectivity index (χ0n) is 16.3. The lowest BCUT2D eigenvalue weighted by atomic mass is 9.61. The fraction of sp³-hybridized carbons (Fsp3) is 0.636. The van der Waals surface area contributed by atoms with Crippen molar-refractivity contribution in [3.8, 4) is 0 Å². The Balaban J connectivity index is 1.99. The molecule has 4 heteroatoms. The second-order valence-corrected chi connectivity index (χ2v) is 8.07. The molecule has 4 atom stereocenters. The number of fused-ring (bicyclic) bond motifs is 1. The van der Waals surface area contributed by atoms with Gasteiger partial charge in [0.2, 0.25) is 0 Å². The number of benzene rings is 1. The highest BCUT2D eigenvalue weighted by atomic mass is 14.8. The minimum Gasteiger partial charge on any atom is -0.328 e. The van der Waals surface area contributed by atoms with Crippen LogP contribution in [-0.2, 0) is 0 Å². The zero-order chi connectivity index (χ0) is 18.6. The van der Waals surface area contributed by atoms with E-state index in [1.54, 1.807) is 12.4 Å². The van der Waals surface area contributed by atoms with Gasteiger partial charge >= 0.3 is 0 Å². The van der Waals surface area contributed by atoms with Crippen LogP contribution in [0.1, 0.15) is 76.7 Å². The highest BCUT2D eigenvalue weighted by Gasteiger charge is 2.45. The molecule has 0 spiro atoms. The van der Waals surface area contributed by atoms with Crippen LogP contribution < -0.4 is 11.5 Å².